The highest BCUT2D eigenvalue weighted by molar-refractivity contribution is 8.15. The Morgan fingerprint density at radius 1 is 1.00 bits per heavy atom. The second-order valence-corrected chi connectivity index (χ2v) is 8.02. The molecular formula is C22H16N2O3S. The Balaban J connectivity index is 1.38. The van der Waals surface area contributed by atoms with Gasteiger partial charge in [0, 0.05) is 22.9 Å². The molecule has 4 aromatic rings. The van der Waals surface area contributed by atoms with Crippen LogP contribution in [0.4, 0.5) is 4.79 Å². The molecule has 5 rings (SSSR count). The Morgan fingerprint density at radius 3 is 2.75 bits per heavy atom. The molecule has 1 N–H and O–H groups in total. The van der Waals surface area contributed by atoms with Crippen molar-refractivity contribution in [3.63, 3.8) is 0 Å². The van der Waals surface area contributed by atoms with Crippen LogP contribution in [-0.2, 0) is 17.6 Å². The van der Waals surface area contributed by atoms with Gasteiger partial charge in [-0.3, -0.25) is 19.9 Å². The number of carbonyl (C=O) groups excluding carboxylic acids is 2. The van der Waals surface area contributed by atoms with Crippen LogP contribution in [0.25, 0.3) is 21.9 Å². The van der Waals surface area contributed by atoms with E-state index in [9.17, 15) is 9.59 Å². The summed E-state index contributed by atoms with van der Waals surface area (Å²) in [5.74, 6) is 0.628. The molecule has 1 unspecified atom stereocenters. The normalized spacial score (nSPS) is 16.8. The zero-order valence-electron chi connectivity index (χ0n) is 14.8. The van der Waals surface area contributed by atoms with Crippen molar-refractivity contribution in [2.24, 2.45) is 0 Å². The summed E-state index contributed by atoms with van der Waals surface area (Å²) in [7, 11) is 0. The Labute approximate surface area is 165 Å². The number of benzene rings is 2. The molecular weight excluding hydrogens is 372 g/mol. The van der Waals surface area contributed by atoms with Gasteiger partial charge in [0.05, 0.1) is 10.8 Å². The monoisotopic (exact) mass is 388 g/mol. The molecule has 1 aliphatic heterocycles. The number of amides is 2. The molecule has 0 radical (unpaired) electrons. The summed E-state index contributed by atoms with van der Waals surface area (Å²) < 4.78 is 5.97. The lowest BCUT2D eigenvalue weighted by Gasteiger charge is -2.04. The molecule has 0 spiro atoms. The Bertz CT molecular complexity index is 1230. The lowest BCUT2D eigenvalue weighted by Crippen LogP contribution is -2.25. The topological polar surface area (TPSA) is 72.2 Å². The summed E-state index contributed by atoms with van der Waals surface area (Å²) in [4.78, 5) is 27.8. The van der Waals surface area contributed by atoms with Crippen molar-refractivity contribution in [1.29, 1.82) is 0 Å². The van der Waals surface area contributed by atoms with Gasteiger partial charge in [0.2, 0.25) is 5.91 Å². The van der Waals surface area contributed by atoms with E-state index in [0.717, 1.165) is 50.7 Å². The number of thioether (sulfide) groups is 1. The average Bonchev–Trinajstić information content (AvgIpc) is 3.23. The summed E-state index contributed by atoms with van der Waals surface area (Å²) in [5, 5.41) is 3.80. The first-order valence-corrected chi connectivity index (χ1v) is 9.89. The fourth-order valence-electron chi connectivity index (χ4n) is 3.49. The van der Waals surface area contributed by atoms with E-state index in [-0.39, 0.29) is 16.4 Å². The van der Waals surface area contributed by atoms with Crippen LogP contribution in [0.1, 0.15) is 17.0 Å². The predicted molar refractivity (Wildman–Crippen MR) is 109 cm³/mol. The van der Waals surface area contributed by atoms with Crippen LogP contribution < -0.4 is 5.32 Å². The summed E-state index contributed by atoms with van der Waals surface area (Å²) >= 11 is 1.05. The molecule has 1 fully saturated rings. The molecule has 1 aliphatic rings. The number of para-hydroxylation sites is 1. The van der Waals surface area contributed by atoms with Crippen molar-refractivity contribution in [3.8, 4) is 0 Å². The third kappa shape index (κ3) is 3.27. The number of nitrogens with zero attached hydrogens (tertiary/aromatic N) is 1. The Hall–Kier alpha value is -3.12. The molecule has 2 amide bonds. The van der Waals surface area contributed by atoms with Crippen LogP contribution in [0.2, 0.25) is 0 Å². The van der Waals surface area contributed by atoms with Crippen molar-refractivity contribution in [3.05, 3.63) is 77.7 Å². The van der Waals surface area contributed by atoms with Gasteiger partial charge >= 0.3 is 0 Å². The van der Waals surface area contributed by atoms with Crippen molar-refractivity contribution in [1.82, 2.24) is 10.3 Å². The maximum absolute atomic E-state index is 11.8. The highest BCUT2D eigenvalue weighted by Crippen LogP contribution is 2.27. The Kier molecular flexibility index (Phi) is 4.13. The van der Waals surface area contributed by atoms with Gasteiger partial charge in [-0.25, -0.2) is 0 Å². The summed E-state index contributed by atoms with van der Waals surface area (Å²) in [6, 6.07) is 20.0. The minimum atomic E-state index is -0.363. The molecule has 2 aromatic heterocycles. The number of rotatable bonds is 4. The van der Waals surface area contributed by atoms with Crippen LogP contribution in [0.15, 0.2) is 65.1 Å². The maximum Gasteiger partial charge on any atom is 0.286 e. The molecule has 2 aromatic carbocycles. The standard InChI is InChI=1S/C22H16N2O3S/c25-21-20(28-22(26)24-21)10-13-5-8-19-15(9-13)11-17(27-19)12-16-7-6-14-3-1-2-4-18(14)23-16/h1-9,11,20H,10,12H2,(H,24,25,26). The molecule has 138 valence electrons. The lowest BCUT2D eigenvalue weighted by atomic mass is 10.1. The quantitative estimate of drug-likeness (QED) is 0.559. The minimum Gasteiger partial charge on any atom is -0.461 e. The maximum atomic E-state index is 11.8. The first kappa shape index (κ1) is 17.0. The highest BCUT2D eigenvalue weighted by atomic mass is 32.2. The first-order valence-electron chi connectivity index (χ1n) is 9.01. The number of hydrogen-bond acceptors (Lipinski definition) is 5. The van der Waals surface area contributed by atoms with Crippen molar-refractivity contribution in [2.45, 2.75) is 18.1 Å². The molecule has 28 heavy (non-hydrogen) atoms. The van der Waals surface area contributed by atoms with Crippen molar-refractivity contribution >= 4 is 44.8 Å². The number of carbonyl (C=O) groups is 2. The van der Waals surface area contributed by atoms with Crippen molar-refractivity contribution < 1.29 is 14.0 Å². The summed E-state index contributed by atoms with van der Waals surface area (Å²) in [6.07, 6.45) is 1.13. The van der Waals surface area contributed by atoms with Crippen molar-refractivity contribution in [2.75, 3.05) is 0 Å². The summed E-state index contributed by atoms with van der Waals surface area (Å²) in [6.45, 7) is 0. The van der Waals surface area contributed by atoms with Crippen LogP contribution in [0, 0.1) is 0 Å². The summed E-state index contributed by atoms with van der Waals surface area (Å²) in [5.41, 5.74) is 3.74. The minimum absolute atomic E-state index is 0.217. The zero-order chi connectivity index (χ0) is 19.1. The van der Waals surface area contributed by atoms with Gasteiger partial charge < -0.3 is 4.42 Å². The second kappa shape index (κ2) is 6.80. The van der Waals surface area contributed by atoms with E-state index in [4.69, 9.17) is 9.40 Å². The fourth-order valence-corrected chi connectivity index (χ4v) is 4.35. The smallest absolute Gasteiger partial charge is 0.286 e. The Morgan fingerprint density at radius 2 is 1.89 bits per heavy atom. The van der Waals surface area contributed by atoms with Gasteiger partial charge in [-0.15, -0.1) is 0 Å². The van der Waals surface area contributed by atoms with Gasteiger partial charge in [0.1, 0.15) is 11.3 Å². The van der Waals surface area contributed by atoms with Crippen LogP contribution in [-0.4, -0.2) is 21.4 Å². The molecule has 1 saturated heterocycles. The third-order valence-electron chi connectivity index (χ3n) is 4.83. The van der Waals surface area contributed by atoms with Crippen LogP contribution in [0.3, 0.4) is 0 Å². The van der Waals surface area contributed by atoms with E-state index in [2.05, 4.69) is 11.4 Å². The van der Waals surface area contributed by atoms with E-state index < -0.39 is 0 Å². The third-order valence-corrected chi connectivity index (χ3v) is 5.81. The van der Waals surface area contributed by atoms with Gasteiger partial charge in [-0.2, -0.15) is 0 Å². The predicted octanol–water partition coefficient (Wildman–Crippen LogP) is 4.47. The molecule has 0 saturated carbocycles. The molecule has 5 nitrogen and oxygen atoms in total. The lowest BCUT2D eigenvalue weighted by molar-refractivity contribution is -0.118. The molecule has 1 atom stereocenters. The number of aromatic nitrogens is 1. The first-order chi connectivity index (χ1) is 13.6. The number of imide groups is 1. The number of nitrogens with one attached hydrogen (secondary N) is 1. The van der Waals surface area contributed by atoms with Crippen LogP contribution in [0.5, 0.6) is 0 Å². The van der Waals surface area contributed by atoms with E-state index in [1.807, 2.05) is 54.6 Å². The molecule has 6 heteroatoms. The number of furan rings is 1. The molecule has 3 heterocycles. The molecule has 0 bridgehead atoms. The van der Waals surface area contributed by atoms with Gasteiger partial charge in [-0.05, 0) is 42.3 Å². The number of fused-ring (bicyclic) bond motifs is 2. The van der Waals surface area contributed by atoms with E-state index >= 15 is 0 Å². The zero-order valence-corrected chi connectivity index (χ0v) is 15.7. The van der Waals surface area contributed by atoms with Gasteiger partial charge in [-0.1, -0.05) is 42.1 Å². The highest BCUT2D eigenvalue weighted by Gasteiger charge is 2.31. The van der Waals surface area contributed by atoms with Crippen LogP contribution >= 0.6 is 11.8 Å². The number of pyridine rings is 1. The fraction of sp³-hybridized carbons (Fsp3) is 0.136. The SMILES string of the molecule is O=C1NC(=O)C(Cc2ccc3oc(Cc4ccc5ccccc5n4)cc3c2)S1. The largest absolute Gasteiger partial charge is 0.461 e. The van der Waals surface area contributed by atoms with E-state index in [1.54, 1.807) is 0 Å². The van der Waals surface area contributed by atoms with E-state index in [1.165, 1.54) is 0 Å². The average molecular weight is 388 g/mol. The second-order valence-electron chi connectivity index (χ2n) is 6.84. The van der Waals surface area contributed by atoms with E-state index in [0.29, 0.717) is 12.8 Å². The van der Waals surface area contributed by atoms with Gasteiger partial charge in [0.15, 0.2) is 0 Å². The number of hydrogen-bond donors (Lipinski definition) is 1. The molecule has 0 aliphatic carbocycles. The van der Waals surface area contributed by atoms with Gasteiger partial charge in [0.25, 0.3) is 5.24 Å².